The molecule has 368 valence electrons. The molecule has 2 atom stereocenters. The van der Waals surface area contributed by atoms with E-state index >= 15 is 0 Å². The molecular weight excluding hydrogens is 822 g/mol. The van der Waals surface area contributed by atoms with Crippen molar-refractivity contribution in [3.63, 3.8) is 0 Å². The molecule has 0 aliphatic heterocycles. The molecule has 64 heavy (non-hydrogen) atoms. The third kappa shape index (κ3) is 48.6. The van der Waals surface area contributed by atoms with Gasteiger partial charge in [0, 0.05) is 19.4 Å². The number of phosphoric ester groups is 1. The van der Waals surface area contributed by atoms with Gasteiger partial charge in [0.05, 0.1) is 13.2 Å². The number of carbonyl (C=O) groups excluding carboxylic acids is 2. The van der Waals surface area contributed by atoms with Crippen molar-refractivity contribution >= 4 is 19.8 Å². The second kappa shape index (κ2) is 49.6. The van der Waals surface area contributed by atoms with Crippen LogP contribution in [0.2, 0.25) is 0 Å². The van der Waals surface area contributed by atoms with Gasteiger partial charge in [0.25, 0.3) is 0 Å². The quantitative estimate of drug-likeness (QED) is 0.0265. The van der Waals surface area contributed by atoms with Crippen molar-refractivity contribution in [3.05, 3.63) is 85.1 Å². The number of unbranched alkanes of at least 4 members (excludes halogenated alkanes) is 20. The minimum atomic E-state index is -4.38. The summed E-state index contributed by atoms with van der Waals surface area (Å²) in [7, 11) is -4.38. The molecule has 0 saturated heterocycles. The summed E-state index contributed by atoms with van der Waals surface area (Å²) in [6, 6.07) is 0. The normalized spacial score (nSPS) is 13.9. The second-order valence-electron chi connectivity index (χ2n) is 16.7. The number of ether oxygens (including phenoxy) is 2. The fourth-order valence-electron chi connectivity index (χ4n) is 6.76. The minimum Gasteiger partial charge on any atom is -0.462 e. The van der Waals surface area contributed by atoms with Gasteiger partial charge in [-0.15, -0.1) is 0 Å². The average molecular weight is 916 g/mol. The summed E-state index contributed by atoms with van der Waals surface area (Å²) < 4.78 is 32.8. The molecule has 0 aromatic heterocycles. The summed E-state index contributed by atoms with van der Waals surface area (Å²) in [5.41, 5.74) is 5.35. The van der Waals surface area contributed by atoms with Gasteiger partial charge in [-0.05, 0) is 83.5 Å². The van der Waals surface area contributed by atoms with Crippen LogP contribution in [0.1, 0.15) is 213 Å². The van der Waals surface area contributed by atoms with Crippen molar-refractivity contribution in [2.75, 3.05) is 26.4 Å². The SMILES string of the molecule is CC/C=C\C/C=C\C/C=C\C/C=C\C/C=C\C/C=C\CCCCCCCCCCCCCCCCC(=O)OC(COC(=O)CCCCCCC/C=C\CCC)COP(=O)(O)OCCN. The van der Waals surface area contributed by atoms with E-state index in [1.807, 2.05) is 0 Å². The van der Waals surface area contributed by atoms with E-state index in [1.54, 1.807) is 0 Å². The Morgan fingerprint density at radius 3 is 1.30 bits per heavy atom. The molecule has 0 aromatic rings. The van der Waals surface area contributed by atoms with E-state index in [-0.39, 0.29) is 32.6 Å². The maximum Gasteiger partial charge on any atom is 0.472 e. The number of hydrogen-bond donors (Lipinski definition) is 2. The maximum absolute atomic E-state index is 12.6. The molecule has 0 amide bonds. The highest BCUT2D eigenvalue weighted by atomic mass is 31.2. The fourth-order valence-corrected chi connectivity index (χ4v) is 7.52. The first-order valence-electron chi connectivity index (χ1n) is 25.6. The number of esters is 2. The minimum absolute atomic E-state index is 0.0497. The number of allylic oxidation sites excluding steroid dienone is 14. The summed E-state index contributed by atoms with van der Waals surface area (Å²) in [4.78, 5) is 34.9. The molecule has 0 aromatic carbocycles. The third-order valence-electron chi connectivity index (χ3n) is 10.5. The van der Waals surface area contributed by atoms with Gasteiger partial charge < -0.3 is 20.1 Å². The van der Waals surface area contributed by atoms with E-state index in [2.05, 4.69) is 98.9 Å². The summed E-state index contributed by atoms with van der Waals surface area (Å²) >= 11 is 0. The maximum atomic E-state index is 12.6. The molecule has 0 spiro atoms. The highest BCUT2D eigenvalue weighted by Crippen LogP contribution is 2.43. The largest absolute Gasteiger partial charge is 0.472 e. The predicted octanol–water partition coefficient (Wildman–Crippen LogP) is 15.6. The standard InChI is InChI=1S/C54H94NO8P/c1-3-5-7-9-11-13-15-16-17-18-19-20-21-22-23-24-25-26-27-28-29-30-31-32-33-34-35-36-37-39-41-43-45-47-54(57)63-52(51-62-64(58,59)61-49-48-55)50-60-53(56)46-44-42-40-38-14-12-10-8-6-4-2/h5,7-8,10-11,13,16-17,19-20,22-23,25-26,52H,3-4,6,9,12,14-15,18,21,24,27-51,55H2,1-2H3,(H,58,59)/b7-5-,10-8-,13-11-,17-16-,20-19-,23-22-,26-25-. The van der Waals surface area contributed by atoms with Crippen LogP contribution in [0.3, 0.4) is 0 Å². The Morgan fingerprint density at radius 1 is 0.484 bits per heavy atom. The zero-order valence-corrected chi connectivity index (χ0v) is 41.6. The first kappa shape index (κ1) is 61.2. The van der Waals surface area contributed by atoms with Gasteiger partial charge in [0.15, 0.2) is 6.10 Å². The zero-order chi connectivity index (χ0) is 46.7. The number of nitrogens with two attached hydrogens (primary N) is 1. The summed E-state index contributed by atoms with van der Waals surface area (Å²) in [5, 5.41) is 0. The predicted molar refractivity (Wildman–Crippen MR) is 270 cm³/mol. The smallest absolute Gasteiger partial charge is 0.462 e. The Bertz CT molecular complexity index is 1320. The molecule has 0 radical (unpaired) electrons. The summed E-state index contributed by atoms with van der Waals surface area (Å²) in [5.74, 6) is -0.844. The van der Waals surface area contributed by atoms with Crippen molar-refractivity contribution < 1.29 is 37.6 Å². The Balaban J connectivity index is 3.91. The van der Waals surface area contributed by atoms with Crippen LogP contribution in [-0.4, -0.2) is 49.3 Å². The van der Waals surface area contributed by atoms with Crippen molar-refractivity contribution in [3.8, 4) is 0 Å². The number of phosphoric acid groups is 1. The Labute approximate surface area is 392 Å². The van der Waals surface area contributed by atoms with E-state index in [9.17, 15) is 19.0 Å². The van der Waals surface area contributed by atoms with Crippen LogP contribution >= 0.6 is 7.82 Å². The van der Waals surface area contributed by atoms with Gasteiger partial charge in [-0.3, -0.25) is 18.6 Å². The van der Waals surface area contributed by atoms with Gasteiger partial charge in [0.1, 0.15) is 6.61 Å². The van der Waals surface area contributed by atoms with Gasteiger partial charge in [0.2, 0.25) is 0 Å². The van der Waals surface area contributed by atoms with E-state index in [0.29, 0.717) is 6.42 Å². The van der Waals surface area contributed by atoms with Gasteiger partial charge in [-0.1, -0.05) is 202 Å². The Hall–Kier alpha value is -2.81. The second-order valence-corrected chi connectivity index (χ2v) is 18.1. The molecule has 0 aliphatic rings. The molecule has 0 fully saturated rings. The first-order valence-corrected chi connectivity index (χ1v) is 27.1. The summed E-state index contributed by atoms with van der Waals surface area (Å²) in [6.45, 7) is 3.54. The highest BCUT2D eigenvalue weighted by Gasteiger charge is 2.26. The van der Waals surface area contributed by atoms with Crippen LogP contribution in [0, 0.1) is 0 Å². The van der Waals surface area contributed by atoms with E-state index in [4.69, 9.17) is 24.3 Å². The van der Waals surface area contributed by atoms with Crippen LogP contribution in [0.4, 0.5) is 0 Å². The number of rotatable bonds is 47. The van der Waals surface area contributed by atoms with E-state index in [1.165, 1.54) is 77.0 Å². The van der Waals surface area contributed by atoms with E-state index in [0.717, 1.165) is 103 Å². The lowest BCUT2D eigenvalue weighted by Gasteiger charge is -2.19. The highest BCUT2D eigenvalue weighted by molar-refractivity contribution is 7.47. The zero-order valence-electron chi connectivity index (χ0n) is 40.7. The lowest BCUT2D eigenvalue weighted by Crippen LogP contribution is -2.29. The number of carbonyl (C=O) groups is 2. The van der Waals surface area contributed by atoms with Crippen LogP contribution in [-0.2, 0) is 32.7 Å². The van der Waals surface area contributed by atoms with Gasteiger partial charge in [-0.2, -0.15) is 0 Å². The molecule has 0 aliphatic carbocycles. The molecule has 0 bridgehead atoms. The number of hydrogen-bond acceptors (Lipinski definition) is 8. The lowest BCUT2D eigenvalue weighted by atomic mass is 10.0. The van der Waals surface area contributed by atoms with Crippen molar-refractivity contribution in [2.24, 2.45) is 5.73 Å². The van der Waals surface area contributed by atoms with Gasteiger partial charge in [-0.25, -0.2) is 4.57 Å². The molecule has 9 nitrogen and oxygen atoms in total. The Kier molecular flexibility index (Phi) is 47.4. The lowest BCUT2D eigenvalue weighted by molar-refractivity contribution is -0.161. The molecule has 10 heteroatoms. The van der Waals surface area contributed by atoms with Crippen molar-refractivity contribution in [1.29, 1.82) is 0 Å². The van der Waals surface area contributed by atoms with Crippen LogP contribution in [0.15, 0.2) is 85.1 Å². The molecular formula is C54H94NO8P. The van der Waals surface area contributed by atoms with Gasteiger partial charge >= 0.3 is 19.8 Å². The third-order valence-corrected chi connectivity index (χ3v) is 11.5. The van der Waals surface area contributed by atoms with Crippen molar-refractivity contribution in [2.45, 2.75) is 219 Å². The average Bonchev–Trinajstić information content (AvgIpc) is 3.28. The molecule has 2 unspecified atom stereocenters. The molecule has 3 N–H and O–H groups in total. The monoisotopic (exact) mass is 916 g/mol. The fraction of sp³-hybridized carbons (Fsp3) is 0.704. The van der Waals surface area contributed by atoms with Crippen LogP contribution in [0.5, 0.6) is 0 Å². The van der Waals surface area contributed by atoms with Crippen LogP contribution < -0.4 is 5.73 Å². The molecule has 0 heterocycles. The van der Waals surface area contributed by atoms with E-state index < -0.39 is 32.5 Å². The van der Waals surface area contributed by atoms with Crippen molar-refractivity contribution in [1.82, 2.24) is 0 Å². The first-order chi connectivity index (χ1) is 31.3. The van der Waals surface area contributed by atoms with Crippen LogP contribution in [0.25, 0.3) is 0 Å². The topological polar surface area (TPSA) is 134 Å². The molecule has 0 rings (SSSR count). The summed E-state index contributed by atoms with van der Waals surface area (Å²) in [6.07, 6.45) is 63.6. The Morgan fingerprint density at radius 2 is 0.859 bits per heavy atom. The molecule has 0 saturated carbocycles.